The maximum atomic E-state index is 12.3. The first-order chi connectivity index (χ1) is 13.1. The molecule has 2 aromatic rings. The number of nitro benzene ring substituents is 1. The van der Waals surface area contributed by atoms with Crippen LogP contribution in [0.15, 0.2) is 42.6 Å². The molecule has 0 unspecified atom stereocenters. The predicted octanol–water partition coefficient (Wildman–Crippen LogP) is 2.53. The molecule has 8 nitrogen and oxygen atoms in total. The molecule has 140 valence electrons. The van der Waals surface area contributed by atoms with Gasteiger partial charge in [-0.25, -0.2) is 4.98 Å². The van der Waals surface area contributed by atoms with Gasteiger partial charge >= 0.3 is 0 Å². The number of benzene rings is 1. The Morgan fingerprint density at radius 3 is 2.67 bits per heavy atom. The van der Waals surface area contributed by atoms with Crippen LogP contribution in [0.1, 0.15) is 23.2 Å². The van der Waals surface area contributed by atoms with Gasteiger partial charge in [0, 0.05) is 49.9 Å². The molecule has 0 saturated carbocycles. The SMILES string of the molecule is O=C(Nc1ccc(N2CCN3CCC2CC3)nc1)c1cccc([N+](=O)[O-])c1. The highest BCUT2D eigenvalue weighted by Crippen LogP contribution is 2.26. The van der Waals surface area contributed by atoms with Crippen molar-refractivity contribution in [3.8, 4) is 0 Å². The Morgan fingerprint density at radius 2 is 1.96 bits per heavy atom. The van der Waals surface area contributed by atoms with Crippen LogP contribution in [-0.2, 0) is 0 Å². The fourth-order valence-electron chi connectivity index (χ4n) is 3.78. The summed E-state index contributed by atoms with van der Waals surface area (Å²) in [5, 5.41) is 13.6. The van der Waals surface area contributed by atoms with Crippen molar-refractivity contribution in [3.05, 3.63) is 58.3 Å². The third-order valence-corrected chi connectivity index (χ3v) is 5.27. The number of rotatable bonds is 4. The number of pyridine rings is 1. The van der Waals surface area contributed by atoms with Crippen molar-refractivity contribution in [1.29, 1.82) is 0 Å². The van der Waals surface area contributed by atoms with Gasteiger partial charge in [0.15, 0.2) is 0 Å². The van der Waals surface area contributed by atoms with Crippen LogP contribution in [0.5, 0.6) is 0 Å². The second-order valence-corrected chi connectivity index (χ2v) is 6.93. The molecule has 3 saturated heterocycles. The lowest BCUT2D eigenvalue weighted by molar-refractivity contribution is -0.384. The molecule has 0 aliphatic carbocycles. The molecule has 1 amide bonds. The molecule has 2 bridgehead atoms. The van der Waals surface area contributed by atoms with Gasteiger partial charge in [-0.05, 0) is 31.0 Å². The minimum Gasteiger partial charge on any atom is -0.352 e. The van der Waals surface area contributed by atoms with E-state index in [1.165, 1.54) is 18.2 Å². The van der Waals surface area contributed by atoms with Crippen LogP contribution in [-0.4, -0.2) is 52.9 Å². The summed E-state index contributed by atoms with van der Waals surface area (Å²) >= 11 is 0. The Labute approximate surface area is 157 Å². The van der Waals surface area contributed by atoms with Crippen LogP contribution in [0.25, 0.3) is 0 Å². The first kappa shape index (κ1) is 17.4. The number of hydrogen-bond donors (Lipinski definition) is 1. The molecule has 1 aromatic carbocycles. The van der Waals surface area contributed by atoms with Crippen molar-refractivity contribution in [2.24, 2.45) is 0 Å². The summed E-state index contributed by atoms with van der Waals surface area (Å²) in [6.07, 6.45) is 3.96. The average molecular weight is 367 g/mol. The highest BCUT2D eigenvalue weighted by Gasteiger charge is 2.29. The van der Waals surface area contributed by atoms with Gasteiger partial charge in [-0.2, -0.15) is 0 Å². The second kappa shape index (κ2) is 7.32. The zero-order valence-corrected chi connectivity index (χ0v) is 14.9. The molecule has 3 fully saturated rings. The molecule has 1 N–H and O–H groups in total. The number of nitrogens with one attached hydrogen (secondary N) is 1. The van der Waals surface area contributed by atoms with Crippen LogP contribution in [0.4, 0.5) is 17.2 Å². The Morgan fingerprint density at radius 1 is 1.15 bits per heavy atom. The molecule has 0 spiro atoms. The molecule has 0 atom stereocenters. The van der Waals surface area contributed by atoms with Crippen LogP contribution >= 0.6 is 0 Å². The number of aromatic nitrogens is 1. The van der Waals surface area contributed by atoms with Crippen LogP contribution in [0.2, 0.25) is 0 Å². The number of carbonyl (C=O) groups is 1. The Hall–Kier alpha value is -3.00. The molecule has 27 heavy (non-hydrogen) atoms. The van der Waals surface area contributed by atoms with E-state index in [0.29, 0.717) is 11.7 Å². The average Bonchev–Trinajstić information content (AvgIpc) is 3.02. The zero-order valence-electron chi connectivity index (χ0n) is 14.9. The van der Waals surface area contributed by atoms with E-state index in [4.69, 9.17) is 0 Å². The summed E-state index contributed by atoms with van der Waals surface area (Å²) in [5.74, 6) is 0.534. The molecular formula is C19H21N5O3. The lowest BCUT2D eigenvalue weighted by atomic mass is 10.1. The highest BCUT2D eigenvalue weighted by atomic mass is 16.6. The molecule has 1 aromatic heterocycles. The van der Waals surface area contributed by atoms with Gasteiger partial charge in [-0.3, -0.25) is 14.9 Å². The van der Waals surface area contributed by atoms with Gasteiger partial charge in [-0.15, -0.1) is 0 Å². The van der Waals surface area contributed by atoms with Gasteiger partial charge in [0.2, 0.25) is 0 Å². The summed E-state index contributed by atoms with van der Waals surface area (Å²) in [4.78, 5) is 32.1. The summed E-state index contributed by atoms with van der Waals surface area (Å²) in [7, 11) is 0. The Balaban J connectivity index is 1.45. The van der Waals surface area contributed by atoms with E-state index in [1.807, 2.05) is 12.1 Å². The standard InChI is InChI=1S/C19H21N5O3/c25-19(14-2-1-3-17(12-14)24(26)27)21-15-4-5-18(20-13-15)23-11-10-22-8-6-16(23)7-9-22/h1-5,12-13,16H,6-11H2,(H,21,25). The van der Waals surface area contributed by atoms with Crippen LogP contribution < -0.4 is 10.2 Å². The first-order valence-corrected chi connectivity index (χ1v) is 9.11. The third kappa shape index (κ3) is 3.75. The van der Waals surface area contributed by atoms with Gasteiger partial charge in [-0.1, -0.05) is 6.07 Å². The van der Waals surface area contributed by atoms with Crippen molar-refractivity contribution in [2.45, 2.75) is 18.9 Å². The quantitative estimate of drug-likeness (QED) is 0.659. The van der Waals surface area contributed by atoms with Crippen molar-refractivity contribution in [1.82, 2.24) is 9.88 Å². The third-order valence-electron chi connectivity index (χ3n) is 5.27. The topological polar surface area (TPSA) is 91.6 Å². The van der Waals surface area contributed by atoms with E-state index < -0.39 is 10.8 Å². The lowest BCUT2D eigenvalue weighted by Crippen LogP contribution is -2.38. The maximum Gasteiger partial charge on any atom is 0.270 e. The van der Waals surface area contributed by atoms with E-state index in [2.05, 4.69) is 20.1 Å². The van der Waals surface area contributed by atoms with E-state index in [0.717, 1.165) is 44.8 Å². The number of fused-ring (bicyclic) bond motifs is 4. The minimum atomic E-state index is -0.515. The number of nitro groups is 1. The number of non-ortho nitro benzene ring substituents is 1. The minimum absolute atomic E-state index is 0.108. The molecular weight excluding hydrogens is 346 g/mol. The summed E-state index contributed by atoms with van der Waals surface area (Å²) < 4.78 is 0. The van der Waals surface area contributed by atoms with Crippen molar-refractivity contribution in [2.75, 3.05) is 36.4 Å². The summed E-state index contributed by atoms with van der Waals surface area (Å²) in [6.45, 7) is 4.33. The summed E-state index contributed by atoms with van der Waals surface area (Å²) in [6, 6.07) is 9.96. The molecule has 3 aliphatic heterocycles. The zero-order chi connectivity index (χ0) is 18.8. The lowest BCUT2D eigenvalue weighted by Gasteiger charge is -2.32. The predicted molar refractivity (Wildman–Crippen MR) is 102 cm³/mol. The van der Waals surface area contributed by atoms with E-state index >= 15 is 0 Å². The van der Waals surface area contributed by atoms with Crippen LogP contribution in [0, 0.1) is 10.1 Å². The number of piperidine rings is 1. The molecule has 4 heterocycles. The molecule has 3 aliphatic rings. The number of carbonyl (C=O) groups excluding carboxylic acids is 1. The van der Waals surface area contributed by atoms with Gasteiger partial charge in [0.1, 0.15) is 5.82 Å². The van der Waals surface area contributed by atoms with Crippen LogP contribution in [0.3, 0.4) is 0 Å². The summed E-state index contributed by atoms with van der Waals surface area (Å²) in [5.41, 5.74) is 0.702. The number of hydrogen-bond acceptors (Lipinski definition) is 6. The fourth-order valence-corrected chi connectivity index (χ4v) is 3.78. The normalized spacial score (nSPS) is 21.6. The Kier molecular flexibility index (Phi) is 4.72. The fraction of sp³-hybridized carbons (Fsp3) is 0.368. The molecule has 5 rings (SSSR count). The molecule has 0 radical (unpaired) electrons. The van der Waals surface area contributed by atoms with Crippen molar-refractivity contribution < 1.29 is 9.72 Å². The first-order valence-electron chi connectivity index (χ1n) is 9.11. The van der Waals surface area contributed by atoms with E-state index in [-0.39, 0.29) is 11.3 Å². The van der Waals surface area contributed by atoms with Gasteiger partial charge in [0.25, 0.3) is 11.6 Å². The number of nitrogens with zero attached hydrogens (tertiary/aromatic N) is 4. The smallest absolute Gasteiger partial charge is 0.270 e. The van der Waals surface area contributed by atoms with E-state index in [9.17, 15) is 14.9 Å². The monoisotopic (exact) mass is 367 g/mol. The Bertz CT molecular complexity index is 847. The highest BCUT2D eigenvalue weighted by molar-refractivity contribution is 6.04. The van der Waals surface area contributed by atoms with Gasteiger partial charge < -0.3 is 15.1 Å². The maximum absolute atomic E-state index is 12.3. The van der Waals surface area contributed by atoms with Crippen molar-refractivity contribution in [3.63, 3.8) is 0 Å². The van der Waals surface area contributed by atoms with E-state index in [1.54, 1.807) is 12.3 Å². The second-order valence-electron chi connectivity index (χ2n) is 6.93. The van der Waals surface area contributed by atoms with Gasteiger partial charge in [0.05, 0.1) is 16.8 Å². The van der Waals surface area contributed by atoms with Crippen molar-refractivity contribution >= 4 is 23.1 Å². The number of amides is 1. The largest absolute Gasteiger partial charge is 0.352 e. The molecule has 8 heteroatoms. The number of anilines is 2.